The summed E-state index contributed by atoms with van der Waals surface area (Å²) in [5.41, 5.74) is 1.06. The SMILES string of the molecule is CC1(C)CN(c2ccccc2)N=C1Cl. The number of hydrogen-bond acceptors (Lipinski definition) is 2. The van der Waals surface area contributed by atoms with Gasteiger partial charge in [-0.05, 0) is 12.1 Å². The van der Waals surface area contributed by atoms with Crippen molar-refractivity contribution < 1.29 is 0 Å². The van der Waals surface area contributed by atoms with Crippen molar-refractivity contribution in [2.45, 2.75) is 13.8 Å². The van der Waals surface area contributed by atoms with Crippen molar-refractivity contribution in [2.75, 3.05) is 11.6 Å². The summed E-state index contributed by atoms with van der Waals surface area (Å²) in [6, 6.07) is 10.1. The normalized spacial score (nSPS) is 19.6. The highest BCUT2D eigenvalue weighted by atomic mass is 35.5. The standard InChI is InChI=1S/C11H13ClN2/c1-11(2)8-14(13-10(11)12)9-6-4-3-5-7-9/h3-7H,8H2,1-2H3. The summed E-state index contributed by atoms with van der Waals surface area (Å²) in [7, 11) is 0. The average Bonchev–Trinajstić information content (AvgIpc) is 2.43. The first-order valence-electron chi connectivity index (χ1n) is 4.67. The smallest absolute Gasteiger partial charge is 0.134 e. The predicted octanol–water partition coefficient (Wildman–Crippen LogP) is 3.09. The Morgan fingerprint density at radius 1 is 1.29 bits per heavy atom. The lowest BCUT2D eigenvalue weighted by atomic mass is 9.96. The molecule has 3 heteroatoms. The van der Waals surface area contributed by atoms with Crippen LogP contribution < -0.4 is 5.01 Å². The van der Waals surface area contributed by atoms with Crippen LogP contribution >= 0.6 is 11.6 Å². The van der Waals surface area contributed by atoms with Gasteiger partial charge in [0.15, 0.2) is 0 Å². The quantitative estimate of drug-likeness (QED) is 0.693. The third-order valence-electron chi connectivity index (χ3n) is 2.37. The number of benzene rings is 1. The van der Waals surface area contributed by atoms with Gasteiger partial charge in [0.2, 0.25) is 0 Å². The summed E-state index contributed by atoms with van der Waals surface area (Å²) in [4.78, 5) is 0. The maximum Gasteiger partial charge on any atom is 0.134 e. The van der Waals surface area contributed by atoms with Crippen LogP contribution in [0.15, 0.2) is 35.4 Å². The van der Waals surface area contributed by atoms with Crippen LogP contribution in [0.3, 0.4) is 0 Å². The van der Waals surface area contributed by atoms with Crippen LogP contribution in [0.25, 0.3) is 0 Å². The van der Waals surface area contributed by atoms with Gasteiger partial charge in [-0.15, -0.1) is 0 Å². The number of halogens is 1. The van der Waals surface area contributed by atoms with E-state index in [1.165, 1.54) is 0 Å². The Bertz CT molecular complexity index is 357. The third-order valence-corrected chi connectivity index (χ3v) is 2.95. The minimum absolute atomic E-state index is 0.0304. The highest BCUT2D eigenvalue weighted by Crippen LogP contribution is 2.31. The van der Waals surface area contributed by atoms with Crippen LogP contribution in [0.4, 0.5) is 5.69 Å². The van der Waals surface area contributed by atoms with Gasteiger partial charge in [0, 0.05) is 5.41 Å². The molecule has 1 aromatic carbocycles. The summed E-state index contributed by atoms with van der Waals surface area (Å²) in [5.74, 6) is 0. The first-order valence-corrected chi connectivity index (χ1v) is 5.04. The summed E-state index contributed by atoms with van der Waals surface area (Å²) in [6.45, 7) is 5.04. The highest BCUT2D eigenvalue weighted by molar-refractivity contribution is 6.67. The average molecular weight is 209 g/mol. The maximum atomic E-state index is 6.06. The fourth-order valence-electron chi connectivity index (χ4n) is 1.47. The van der Waals surface area contributed by atoms with E-state index < -0.39 is 0 Å². The molecule has 0 spiro atoms. The van der Waals surface area contributed by atoms with Crippen LogP contribution in [-0.4, -0.2) is 11.7 Å². The summed E-state index contributed by atoms with van der Waals surface area (Å²) < 4.78 is 0. The van der Waals surface area contributed by atoms with Crippen molar-refractivity contribution in [3.05, 3.63) is 30.3 Å². The third kappa shape index (κ3) is 1.62. The molecule has 2 nitrogen and oxygen atoms in total. The number of hydrogen-bond donors (Lipinski definition) is 0. The second-order valence-corrected chi connectivity index (χ2v) is 4.53. The maximum absolute atomic E-state index is 6.06. The van der Waals surface area contributed by atoms with Gasteiger partial charge in [-0.1, -0.05) is 43.6 Å². The van der Waals surface area contributed by atoms with Crippen molar-refractivity contribution in [3.63, 3.8) is 0 Å². The minimum atomic E-state index is -0.0304. The zero-order chi connectivity index (χ0) is 10.2. The Balaban J connectivity index is 2.26. The van der Waals surface area contributed by atoms with Gasteiger partial charge in [0.1, 0.15) is 5.17 Å². The molecule has 1 heterocycles. The molecule has 0 saturated carbocycles. The monoisotopic (exact) mass is 208 g/mol. The van der Waals surface area contributed by atoms with Crippen molar-refractivity contribution in [1.29, 1.82) is 0 Å². The minimum Gasteiger partial charge on any atom is -0.263 e. The molecule has 0 saturated heterocycles. The molecule has 74 valence electrons. The Hall–Kier alpha value is -1.02. The lowest BCUT2D eigenvalue weighted by Gasteiger charge is -2.19. The van der Waals surface area contributed by atoms with E-state index >= 15 is 0 Å². The topological polar surface area (TPSA) is 15.6 Å². The van der Waals surface area contributed by atoms with E-state index in [0.717, 1.165) is 12.2 Å². The second-order valence-electron chi connectivity index (χ2n) is 4.17. The van der Waals surface area contributed by atoms with Crippen LogP contribution in [0.2, 0.25) is 0 Å². The first kappa shape index (κ1) is 9.53. The second kappa shape index (κ2) is 3.28. The van der Waals surface area contributed by atoms with Crippen LogP contribution in [0.5, 0.6) is 0 Å². The Morgan fingerprint density at radius 3 is 2.43 bits per heavy atom. The lowest BCUT2D eigenvalue weighted by molar-refractivity contribution is 0.557. The molecule has 0 atom stereocenters. The number of anilines is 1. The van der Waals surface area contributed by atoms with E-state index in [2.05, 4.69) is 18.9 Å². The molecule has 1 aromatic rings. The summed E-state index contributed by atoms with van der Waals surface area (Å²) in [6.07, 6.45) is 0. The molecule has 0 bridgehead atoms. The van der Waals surface area contributed by atoms with E-state index in [-0.39, 0.29) is 5.41 Å². The molecule has 0 amide bonds. The fraction of sp³-hybridized carbons (Fsp3) is 0.364. The van der Waals surface area contributed by atoms with Crippen LogP contribution in [0, 0.1) is 5.41 Å². The molecule has 2 rings (SSSR count). The van der Waals surface area contributed by atoms with E-state index in [1.807, 2.05) is 35.3 Å². The van der Waals surface area contributed by atoms with Gasteiger partial charge in [0.25, 0.3) is 0 Å². The van der Waals surface area contributed by atoms with Gasteiger partial charge in [-0.25, -0.2) is 0 Å². The molecular formula is C11H13ClN2. The molecule has 1 aliphatic heterocycles. The molecule has 0 fully saturated rings. The number of nitrogens with zero attached hydrogens (tertiary/aromatic N) is 2. The molecule has 0 aromatic heterocycles. The fourth-order valence-corrected chi connectivity index (χ4v) is 1.62. The van der Waals surface area contributed by atoms with Crippen molar-refractivity contribution in [1.82, 2.24) is 0 Å². The highest BCUT2D eigenvalue weighted by Gasteiger charge is 2.33. The number of hydrazone groups is 1. The summed E-state index contributed by atoms with van der Waals surface area (Å²) >= 11 is 6.06. The number of rotatable bonds is 1. The Morgan fingerprint density at radius 2 is 1.93 bits per heavy atom. The zero-order valence-corrected chi connectivity index (χ0v) is 9.12. The van der Waals surface area contributed by atoms with Crippen molar-refractivity contribution >= 4 is 22.5 Å². The van der Waals surface area contributed by atoms with Gasteiger partial charge < -0.3 is 0 Å². The molecule has 1 aliphatic rings. The molecule has 0 radical (unpaired) electrons. The van der Waals surface area contributed by atoms with Crippen LogP contribution in [-0.2, 0) is 0 Å². The van der Waals surface area contributed by atoms with Crippen molar-refractivity contribution in [3.8, 4) is 0 Å². The van der Waals surface area contributed by atoms with Gasteiger partial charge in [-0.2, -0.15) is 5.10 Å². The number of para-hydroxylation sites is 1. The first-order chi connectivity index (χ1) is 6.59. The largest absolute Gasteiger partial charge is 0.263 e. The van der Waals surface area contributed by atoms with Gasteiger partial charge >= 0.3 is 0 Å². The molecule has 0 N–H and O–H groups in total. The van der Waals surface area contributed by atoms with Gasteiger partial charge in [0.05, 0.1) is 12.2 Å². The summed E-state index contributed by atoms with van der Waals surface area (Å²) in [5, 5.41) is 6.96. The Kier molecular flexibility index (Phi) is 2.23. The van der Waals surface area contributed by atoms with E-state index in [4.69, 9.17) is 11.6 Å². The predicted molar refractivity (Wildman–Crippen MR) is 60.9 cm³/mol. The van der Waals surface area contributed by atoms with Crippen LogP contribution in [0.1, 0.15) is 13.8 Å². The molecular weight excluding hydrogens is 196 g/mol. The molecule has 0 aliphatic carbocycles. The van der Waals surface area contributed by atoms with E-state index in [1.54, 1.807) is 0 Å². The lowest BCUT2D eigenvalue weighted by Crippen LogP contribution is -2.25. The van der Waals surface area contributed by atoms with Crippen molar-refractivity contribution in [2.24, 2.45) is 10.5 Å². The molecule has 0 unspecified atom stereocenters. The van der Waals surface area contributed by atoms with E-state index in [9.17, 15) is 0 Å². The Labute approximate surface area is 89.2 Å². The zero-order valence-electron chi connectivity index (χ0n) is 8.37. The van der Waals surface area contributed by atoms with E-state index in [0.29, 0.717) is 5.17 Å². The molecule has 14 heavy (non-hydrogen) atoms. The van der Waals surface area contributed by atoms with Gasteiger partial charge in [-0.3, -0.25) is 5.01 Å².